The van der Waals surface area contributed by atoms with E-state index in [1.165, 1.54) is 12.1 Å². The molecule has 8 heteroatoms. The maximum atomic E-state index is 12.3. The molecular formula is C13H20ClN3O2S2. The number of rotatable bonds is 6. The van der Waals surface area contributed by atoms with Crippen molar-refractivity contribution in [1.29, 1.82) is 0 Å². The Morgan fingerprint density at radius 1 is 1.43 bits per heavy atom. The molecule has 0 aliphatic carbocycles. The molecule has 0 radical (unpaired) electrons. The summed E-state index contributed by atoms with van der Waals surface area (Å²) < 4.78 is 27.2. The van der Waals surface area contributed by atoms with E-state index in [4.69, 9.17) is 29.6 Å². The number of halogens is 1. The number of likely N-dealkylation sites (N-methyl/N-ethyl adjacent to an activating group) is 1. The molecule has 1 rings (SSSR count). The average molecular weight is 350 g/mol. The quantitative estimate of drug-likeness (QED) is 0.763. The van der Waals surface area contributed by atoms with Gasteiger partial charge in [0.2, 0.25) is 10.0 Å². The second kappa shape index (κ2) is 6.58. The van der Waals surface area contributed by atoms with Crippen LogP contribution in [-0.4, -0.2) is 44.5 Å². The molecule has 0 aliphatic rings. The minimum absolute atomic E-state index is 0.0127. The van der Waals surface area contributed by atoms with Gasteiger partial charge in [0, 0.05) is 17.6 Å². The van der Waals surface area contributed by atoms with Crippen LogP contribution >= 0.6 is 23.8 Å². The molecule has 118 valence electrons. The maximum absolute atomic E-state index is 12.3. The van der Waals surface area contributed by atoms with Gasteiger partial charge in [-0.05, 0) is 40.1 Å². The van der Waals surface area contributed by atoms with Gasteiger partial charge in [0.05, 0.1) is 5.02 Å². The lowest BCUT2D eigenvalue weighted by molar-refractivity contribution is 0.199. The molecular weight excluding hydrogens is 330 g/mol. The Morgan fingerprint density at radius 3 is 2.43 bits per heavy atom. The Morgan fingerprint density at radius 2 is 2.00 bits per heavy atom. The summed E-state index contributed by atoms with van der Waals surface area (Å²) >= 11 is 10.9. The number of nitrogens with zero attached hydrogens (tertiary/aromatic N) is 1. The molecule has 0 atom stereocenters. The molecule has 0 bridgehead atoms. The Bertz CT molecular complexity index is 643. The van der Waals surface area contributed by atoms with Gasteiger partial charge in [0.1, 0.15) is 9.88 Å². The molecule has 0 unspecified atom stereocenters. The first-order chi connectivity index (χ1) is 9.47. The fourth-order valence-electron chi connectivity index (χ4n) is 1.38. The molecule has 0 amide bonds. The third kappa shape index (κ3) is 4.62. The molecule has 0 saturated heterocycles. The molecule has 3 N–H and O–H groups in total. The first-order valence-corrected chi connectivity index (χ1v) is 8.51. The van der Waals surface area contributed by atoms with E-state index in [2.05, 4.69) is 4.72 Å². The van der Waals surface area contributed by atoms with Gasteiger partial charge in [-0.1, -0.05) is 29.9 Å². The van der Waals surface area contributed by atoms with E-state index in [0.717, 1.165) is 0 Å². The zero-order chi connectivity index (χ0) is 16.4. The number of thiocarbonyl (C=S) groups is 1. The number of sulfonamides is 1. The third-order valence-electron chi connectivity index (χ3n) is 3.41. The maximum Gasteiger partial charge on any atom is 0.242 e. The van der Waals surface area contributed by atoms with E-state index in [1.54, 1.807) is 6.07 Å². The van der Waals surface area contributed by atoms with E-state index in [-0.39, 0.29) is 27.0 Å². The van der Waals surface area contributed by atoms with Gasteiger partial charge in [0.25, 0.3) is 0 Å². The zero-order valence-corrected chi connectivity index (χ0v) is 14.9. The topological polar surface area (TPSA) is 75.4 Å². The Kier molecular flexibility index (Phi) is 5.74. The van der Waals surface area contributed by atoms with Gasteiger partial charge in [-0.15, -0.1) is 0 Å². The molecule has 1 aromatic rings. The van der Waals surface area contributed by atoms with Gasteiger partial charge in [-0.2, -0.15) is 0 Å². The predicted octanol–water partition coefficient (Wildman–Crippen LogP) is 1.59. The first-order valence-electron chi connectivity index (χ1n) is 6.24. The number of benzene rings is 1. The largest absolute Gasteiger partial charge is 0.389 e. The summed E-state index contributed by atoms with van der Waals surface area (Å²) in [7, 11) is 0.0815. The number of hydrogen-bond donors (Lipinski definition) is 2. The molecule has 0 saturated carbocycles. The van der Waals surface area contributed by atoms with E-state index in [1.807, 2.05) is 32.8 Å². The lowest BCUT2D eigenvalue weighted by Crippen LogP contribution is -2.48. The zero-order valence-electron chi connectivity index (χ0n) is 12.5. The Balaban J connectivity index is 3.02. The van der Waals surface area contributed by atoms with E-state index in [0.29, 0.717) is 5.56 Å². The van der Waals surface area contributed by atoms with Crippen LogP contribution in [0.3, 0.4) is 0 Å². The second-order valence-corrected chi connectivity index (χ2v) is 8.12. The minimum Gasteiger partial charge on any atom is -0.389 e. The summed E-state index contributed by atoms with van der Waals surface area (Å²) in [6.45, 7) is 4.13. The van der Waals surface area contributed by atoms with Gasteiger partial charge >= 0.3 is 0 Å². The summed E-state index contributed by atoms with van der Waals surface area (Å²) in [5.74, 6) is 0. The molecule has 5 nitrogen and oxygen atoms in total. The molecule has 0 heterocycles. The van der Waals surface area contributed by atoms with Crippen LogP contribution < -0.4 is 10.5 Å². The van der Waals surface area contributed by atoms with Crippen molar-refractivity contribution in [1.82, 2.24) is 9.62 Å². The van der Waals surface area contributed by atoms with Crippen LogP contribution in [0.1, 0.15) is 19.4 Å². The second-order valence-electron chi connectivity index (χ2n) is 5.54. The van der Waals surface area contributed by atoms with Crippen molar-refractivity contribution in [2.24, 2.45) is 5.73 Å². The van der Waals surface area contributed by atoms with E-state index < -0.39 is 10.0 Å². The monoisotopic (exact) mass is 349 g/mol. The van der Waals surface area contributed by atoms with Crippen LogP contribution in [0.5, 0.6) is 0 Å². The van der Waals surface area contributed by atoms with Crippen LogP contribution in [0.4, 0.5) is 0 Å². The molecule has 0 aliphatic heterocycles. The summed E-state index contributed by atoms with van der Waals surface area (Å²) in [5, 5.41) is 0.0930. The van der Waals surface area contributed by atoms with Crippen LogP contribution in [0.2, 0.25) is 5.02 Å². The highest BCUT2D eigenvalue weighted by Gasteiger charge is 2.25. The normalized spacial score (nSPS) is 12.7. The van der Waals surface area contributed by atoms with Crippen LogP contribution in [0.25, 0.3) is 0 Å². The highest BCUT2D eigenvalue weighted by atomic mass is 35.5. The third-order valence-corrected chi connectivity index (χ3v) is 5.53. The summed E-state index contributed by atoms with van der Waals surface area (Å²) in [6.07, 6.45) is 0. The number of nitrogens with two attached hydrogens (primary N) is 1. The lowest BCUT2D eigenvalue weighted by atomic mass is 10.1. The predicted molar refractivity (Wildman–Crippen MR) is 90.3 cm³/mol. The summed E-state index contributed by atoms with van der Waals surface area (Å²) in [6, 6.07) is 4.40. The standard InChI is InChI=1S/C13H20ClN3O2S2/c1-13(2,17(3)4)8-16-21(18,19)11-6-5-9(12(15)20)7-10(11)14/h5-7,16H,8H2,1-4H3,(H2,15,20). The van der Waals surface area contributed by atoms with Gasteiger partial charge < -0.3 is 10.6 Å². The summed E-state index contributed by atoms with van der Waals surface area (Å²) in [5.41, 5.74) is 5.70. The highest BCUT2D eigenvalue weighted by Crippen LogP contribution is 2.23. The number of nitrogens with one attached hydrogen (secondary N) is 1. The van der Waals surface area contributed by atoms with Gasteiger partial charge in [-0.3, -0.25) is 0 Å². The molecule has 0 spiro atoms. The van der Waals surface area contributed by atoms with Crippen molar-refractivity contribution in [3.63, 3.8) is 0 Å². The Labute approximate surface area is 136 Å². The van der Waals surface area contributed by atoms with E-state index >= 15 is 0 Å². The Hall–Kier alpha value is -0.730. The van der Waals surface area contributed by atoms with Crippen molar-refractivity contribution in [3.8, 4) is 0 Å². The van der Waals surface area contributed by atoms with Crippen molar-refractivity contribution in [2.45, 2.75) is 24.3 Å². The first kappa shape index (κ1) is 18.3. The van der Waals surface area contributed by atoms with Gasteiger partial charge in [-0.25, -0.2) is 13.1 Å². The minimum atomic E-state index is -3.69. The molecule has 1 aromatic carbocycles. The van der Waals surface area contributed by atoms with Crippen molar-refractivity contribution in [3.05, 3.63) is 28.8 Å². The summed E-state index contributed by atoms with van der Waals surface area (Å²) in [4.78, 5) is 2.12. The number of hydrogen-bond acceptors (Lipinski definition) is 4. The molecule has 0 fully saturated rings. The molecule has 21 heavy (non-hydrogen) atoms. The van der Waals surface area contributed by atoms with Crippen molar-refractivity contribution < 1.29 is 8.42 Å². The van der Waals surface area contributed by atoms with Crippen LogP contribution in [-0.2, 0) is 10.0 Å². The highest BCUT2D eigenvalue weighted by molar-refractivity contribution is 7.89. The lowest BCUT2D eigenvalue weighted by Gasteiger charge is -2.32. The van der Waals surface area contributed by atoms with Gasteiger partial charge in [0.15, 0.2) is 0 Å². The van der Waals surface area contributed by atoms with Crippen molar-refractivity contribution >= 4 is 38.8 Å². The average Bonchev–Trinajstić information content (AvgIpc) is 2.36. The van der Waals surface area contributed by atoms with Crippen LogP contribution in [0.15, 0.2) is 23.1 Å². The smallest absolute Gasteiger partial charge is 0.242 e. The fourth-order valence-corrected chi connectivity index (χ4v) is 3.25. The molecule has 0 aromatic heterocycles. The fraction of sp³-hybridized carbons (Fsp3) is 0.462. The SMILES string of the molecule is CN(C)C(C)(C)CNS(=O)(=O)c1ccc(C(N)=S)cc1Cl. The van der Waals surface area contributed by atoms with Crippen molar-refractivity contribution in [2.75, 3.05) is 20.6 Å². The van der Waals surface area contributed by atoms with Crippen LogP contribution in [0, 0.1) is 0 Å². The van der Waals surface area contributed by atoms with E-state index in [9.17, 15) is 8.42 Å².